The van der Waals surface area contributed by atoms with Gasteiger partial charge in [-0.1, -0.05) is 301 Å². The number of rotatable bonds is 60. The summed E-state index contributed by atoms with van der Waals surface area (Å²) in [4.78, 5) is 13.3. The van der Waals surface area contributed by atoms with E-state index >= 15 is 0 Å². The van der Waals surface area contributed by atoms with Crippen molar-refractivity contribution in [3.05, 3.63) is 36.5 Å². The van der Waals surface area contributed by atoms with Gasteiger partial charge in [-0.15, -0.1) is 0 Å². The summed E-state index contributed by atoms with van der Waals surface area (Å²) in [5, 5.41) is 87.5. The van der Waals surface area contributed by atoms with Crippen LogP contribution in [0.15, 0.2) is 36.5 Å². The summed E-state index contributed by atoms with van der Waals surface area (Å²) >= 11 is 0. The van der Waals surface area contributed by atoms with Crippen molar-refractivity contribution in [2.75, 3.05) is 19.8 Å². The lowest BCUT2D eigenvalue weighted by Gasteiger charge is -2.46. The highest BCUT2D eigenvalue weighted by Crippen LogP contribution is 2.30. The molecule has 2 rings (SSSR count). The Morgan fingerprint density at radius 1 is 0.419 bits per heavy atom. The van der Waals surface area contributed by atoms with Crippen LogP contribution in [-0.4, -0.2) is 140 Å². The van der Waals surface area contributed by atoms with Gasteiger partial charge in [0.2, 0.25) is 5.91 Å². The smallest absolute Gasteiger partial charge is 0.220 e. The van der Waals surface area contributed by atoms with E-state index in [1.54, 1.807) is 6.08 Å². The van der Waals surface area contributed by atoms with E-state index in [-0.39, 0.29) is 18.9 Å². The molecule has 14 heteroatoms. The largest absolute Gasteiger partial charge is 0.394 e. The molecule has 0 aromatic heterocycles. The topological polar surface area (TPSA) is 228 Å². The van der Waals surface area contributed by atoms with Crippen molar-refractivity contribution < 1.29 is 64.6 Å². The zero-order chi connectivity index (χ0) is 62.3. The number of nitrogens with one attached hydrogen (secondary N) is 1. The maximum atomic E-state index is 13.3. The van der Waals surface area contributed by atoms with Gasteiger partial charge >= 0.3 is 0 Å². The molecular formula is C72H135NO13. The average Bonchev–Trinajstić information content (AvgIpc) is 2.54. The van der Waals surface area contributed by atoms with Gasteiger partial charge in [-0.05, 0) is 51.4 Å². The molecule has 2 fully saturated rings. The third kappa shape index (κ3) is 40.8. The normalized spacial score (nSPS) is 23.6. The van der Waals surface area contributed by atoms with Gasteiger partial charge in [0.15, 0.2) is 12.6 Å². The second kappa shape index (κ2) is 57.1. The number of carbonyl (C=O) groups excluding carboxylic acids is 1. The number of aliphatic hydroxyl groups is 8. The first-order chi connectivity index (χ1) is 42.1. The predicted octanol–water partition coefficient (Wildman–Crippen LogP) is 14.9. The first-order valence-corrected chi connectivity index (χ1v) is 36.2. The first-order valence-electron chi connectivity index (χ1n) is 36.2. The van der Waals surface area contributed by atoms with Crippen LogP contribution in [0.1, 0.15) is 322 Å². The summed E-state index contributed by atoms with van der Waals surface area (Å²) in [6.45, 7) is 2.84. The third-order valence-electron chi connectivity index (χ3n) is 17.8. The standard InChI is InChI=1S/C72H135NO13/c1-3-5-7-9-11-13-15-17-19-21-23-25-27-29-30-32-33-35-37-39-41-43-45-47-49-51-53-55-61(76)60(59-83-71-69(82)67(80)70(63(58-75)85-71)86-72-68(81)66(79)65(78)62(57-74)84-72)73-64(77)56-54-52-50-48-46-44-42-40-38-36-34-31-28-26-24-22-20-18-16-14-12-10-8-6-4-2/h16,18,22,24,53,55,60-63,65-72,74-76,78-82H,3-15,17,19-21,23,25-52,54,56-59H2,1-2H3,(H,73,77)/b18-16-,24-22-,55-53+. The van der Waals surface area contributed by atoms with E-state index in [4.69, 9.17) is 18.9 Å². The molecule has 2 heterocycles. The fraction of sp³-hybridized carbons (Fsp3) is 0.903. The zero-order valence-electron chi connectivity index (χ0n) is 55.1. The highest BCUT2D eigenvalue weighted by molar-refractivity contribution is 5.76. The molecular weight excluding hydrogens is 1090 g/mol. The Morgan fingerprint density at radius 3 is 1.16 bits per heavy atom. The molecule has 0 aromatic carbocycles. The highest BCUT2D eigenvalue weighted by atomic mass is 16.7. The predicted molar refractivity (Wildman–Crippen MR) is 351 cm³/mol. The lowest BCUT2D eigenvalue weighted by atomic mass is 9.97. The van der Waals surface area contributed by atoms with Crippen molar-refractivity contribution >= 4 is 5.91 Å². The molecule has 2 aliphatic heterocycles. The number of ether oxygens (including phenoxy) is 4. The zero-order valence-corrected chi connectivity index (χ0v) is 55.1. The minimum atomic E-state index is -1.79. The Hall–Kier alpha value is -1.79. The van der Waals surface area contributed by atoms with Gasteiger partial charge in [0.1, 0.15) is 48.8 Å². The van der Waals surface area contributed by atoms with Gasteiger partial charge in [-0.3, -0.25) is 4.79 Å². The van der Waals surface area contributed by atoms with Crippen molar-refractivity contribution in [2.45, 2.75) is 396 Å². The number of aliphatic hydroxyl groups excluding tert-OH is 8. The van der Waals surface area contributed by atoms with Crippen LogP contribution in [0.25, 0.3) is 0 Å². The second-order valence-electron chi connectivity index (χ2n) is 25.7. The molecule has 12 atom stereocenters. The summed E-state index contributed by atoms with van der Waals surface area (Å²) in [7, 11) is 0. The fourth-order valence-electron chi connectivity index (χ4n) is 12.0. The lowest BCUT2D eigenvalue weighted by Crippen LogP contribution is -2.65. The SMILES string of the molecule is CCCCCCC/C=C\C/C=C\CCCCCCCCCCCCCCCC(=O)NC(COC1OC(CO)C(OC2OC(CO)C(O)C(O)C2O)C(O)C1O)C(O)/C=C/CCCCCCCCCCCCCCCCCCCCCCCCCCC. The van der Waals surface area contributed by atoms with Gasteiger partial charge in [0, 0.05) is 6.42 Å². The molecule has 0 radical (unpaired) electrons. The molecule has 0 aliphatic carbocycles. The number of unbranched alkanes of at least 4 members (excludes halogenated alkanes) is 43. The number of hydrogen-bond acceptors (Lipinski definition) is 13. The second-order valence-corrected chi connectivity index (χ2v) is 25.7. The molecule has 9 N–H and O–H groups in total. The summed E-state index contributed by atoms with van der Waals surface area (Å²) in [5.41, 5.74) is 0. The van der Waals surface area contributed by atoms with Crippen molar-refractivity contribution in [3.63, 3.8) is 0 Å². The monoisotopic (exact) mass is 1220 g/mol. The maximum absolute atomic E-state index is 13.3. The van der Waals surface area contributed by atoms with Crippen molar-refractivity contribution in [2.24, 2.45) is 0 Å². The molecule has 0 bridgehead atoms. The Balaban J connectivity index is 1.68. The minimum Gasteiger partial charge on any atom is -0.394 e. The van der Waals surface area contributed by atoms with E-state index in [0.29, 0.717) is 6.42 Å². The lowest BCUT2D eigenvalue weighted by molar-refractivity contribution is -0.359. The molecule has 0 saturated carbocycles. The van der Waals surface area contributed by atoms with Crippen molar-refractivity contribution in [1.29, 1.82) is 0 Å². The van der Waals surface area contributed by atoms with Crippen LogP contribution in [0.5, 0.6) is 0 Å². The molecule has 86 heavy (non-hydrogen) atoms. The Morgan fingerprint density at radius 2 is 0.767 bits per heavy atom. The van der Waals surface area contributed by atoms with Gasteiger partial charge in [0.25, 0.3) is 0 Å². The van der Waals surface area contributed by atoms with Gasteiger partial charge in [-0.25, -0.2) is 0 Å². The maximum Gasteiger partial charge on any atom is 0.220 e. The Kier molecular flexibility index (Phi) is 53.4. The molecule has 0 spiro atoms. The van der Waals surface area contributed by atoms with Crippen LogP contribution in [0.4, 0.5) is 0 Å². The van der Waals surface area contributed by atoms with Crippen molar-refractivity contribution in [1.82, 2.24) is 5.32 Å². The van der Waals surface area contributed by atoms with E-state index in [1.807, 2.05) is 6.08 Å². The molecule has 2 aliphatic rings. The van der Waals surface area contributed by atoms with E-state index < -0.39 is 86.8 Å². The van der Waals surface area contributed by atoms with Crippen LogP contribution in [0, 0.1) is 0 Å². The molecule has 12 unspecified atom stereocenters. The van der Waals surface area contributed by atoms with Crippen LogP contribution in [0.2, 0.25) is 0 Å². The van der Waals surface area contributed by atoms with E-state index in [9.17, 15) is 45.6 Å². The summed E-state index contributed by atoms with van der Waals surface area (Å²) in [6, 6.07) is -0.916. The van der Waals surface area contributed by atoms with Crippen LogP contribution < -0.4 is 5.32 Å². The first kappa shape index (κ1) is 80.3. The summed E-state index contributed by atoms with van der Waals surface area (Å²) in [5.74, 6) is -0.236. The highest BCUT2D eigenvalue weighted by Gasteiger charge is 2.51. The quantitative estimate of drug-likeness (QED) is 0.0204. The van der Waals surface area contributed by atoms with Gasteiger partial charge in [0.05, 0.1) is 32.0 Å². The van der Waals surface area contributed by atoms with Gasteiger partial charge in [-0.2, -0.15) is 0 Å². The number of amides is 1. The van der Waals surface area contributed by atoms with Crippen LogP contribution >= 0.6 is 0 Å². The summed E-state index contributed by atoms with van der Waals surface area (Å²) in [6.07, 6.45) is 56.3. The van der Waals surface area contributed by atoms with E-state index in [2.05, 4.69) is 43.5 Å². The third-order valence-corrected chi connectivity index (χ3v) is 17.8. The van der Waals surface area contributed by atoms with Crippen LogP contribution in [0.3, 0.4) is 0 Å². The molecule has 0 aromatic rings. The number of carbonyl (C=O) groups is 1. The number of hydrogen-bond donors (Lipinski definition) is 9. The van der Waals surface area contributed by atoms with Gasteiger partial charge < -0.3 is 65.1 Å². The van der Waals surface area contributed by atoms with E-state index in [0.717, 1.165) is 44.9 Å². The molecule has 1 amide bonds. The average molecular weight is 1220 g/mol. The molecule has 2 saturated heterocycles. The minimum absolute atomic E-state index is 0.236. The number of allylic oxidation sites excluding steroid dienone is 5. The Labute approximate surface area is 525 Å². The Bertz CT molecular complexity index is 1580. The van der Waals surface area contributed by atoms with E-state index in [1.165, 1.54) is 250 Å². The van der Waals surface area contributed by atoms with Crippen molar-refractivity contribution in [3.8, 4) is 0 Å². The van der Waals surface area contributed by atoms with Crippen LogP contribution in [-0.2, 0) is 23.7 Å². The fourth-order valence-corrected chi connectivity index (χ4v) is 12.0. The molecule has 506 valence electrons. The summed E-state index contributed by atoms with van der Waals surface area (Å²) < 4.78 is 22.9. The molecule has 14 nitrogen and oxygen atoms in total.